The van der Waals surface area contributed by atoms with Crippen molar-refractivity contribution in [3.05, 3.63) is 54.7 Å². The molecule has 0 saturated carbocycles. The zero-order valence-corrected chi connectivity index (χ0v) is 13.9. The van der Waals surface area contributed by atoms with E-state index in [4.69, 9.17) is 4.74 Å². The Hall–Kier alpha value is -3.42. The summed E-state index contributed by atoms with van der Waals surface area (Å²) in [7, 11) is 3.56. The van der Waals surface area contributed by atoms with E-state index in [2.05, 4.69) is 25.4 Å². The third-order valence-corrected chi connectivity index (χ3v) is 3.86. The molecule has 0 bridgehead atoms. The van der Waals surface area contributed by atoms with Gasteiger partial charge >= 0.3 is 0 Å². The number of aromatic nitrogens is 6. The van der Waals surface area contributed by atoms with E-state index in [9.17, 15) is 0 Å². The fourth-order valence-corrected chi connectivity index (χ4v) is 2.53. The minimum atomic E-state index is 0.560. The number of nitrogens with zero attached hydrogens (tertiary/aromatic N) is 6. The molecule has 4 rings (SSSR count). The number of hydrogen-bond donors (Lipinski definition) is 1. The van der Waals surface area contributed by atoms with Gasteiger partial charge in [-0.2, -0.15) is 10.1 Å². The van der Waals surface area contributed by atoms with Crippen LogP contribution in [0.5, 0.6) is 5.75 Å². The molecule has 0 spiro atoms. The van der Waals surface area contributed by atoms with Gasteiger partial charge in [0.1, 0.15) is 11.3 Å². The minimum absolute atomic E-state index is 0.560. The van der Waals surface area contributed by atoms with Crippen molar-refractivity contribution in [3.8, 4) is 11.4 Å². The highest BCUT2D eigenvalue weighted by Crippen LogP contribution is 2.16. The number of rotatable bonds is 5. The number of hydrogen-bond acceptors (Lipinski definition) is 6. The maximum absolute atomic E-state index is 5.25. The Kier molecular flexibility index (Phi) is 3.77. The summed E-state index contributed by atoms with van der Waals surface area (Å²) in [6, 6.07) is 7.75. The Bertz CT molecular complexity index is 1020. The molecular formula is C17H17N7O. The maximum Gasteiger partial charge on any atom is 0.225 e. The van der Waals surface area contributed by atoms with Crippen molar-refractivity contribution in [1.82, 2.24) is 29.3 Å². The van der Waals surface area contributed by atoms with Gasteiger partial charge in [0.15, 0.2) is 5.65 Å². The lowest BCUT2D eigenvalue weighted by molar-refractivity contribution is 0.414. The summed E-state index contributed by atoms with van der Waals surface area (Å²) in [6.45, 7) is 0.577. The highest BCUT2D eigenvalue weighted by molar-refractivity contribution is 5.70. The van der Waals surface area contributed by atoms with Crippen molar-refractivity contribution in [2.24, 2.45) is 7.05 Å². The standard InChI is InChI=1S/C17H17N7O/c1-23-11-20-15-9-19-17(22-16(15)23)18-7-12-8-21-24(10-12)13-4-3-5-14(6-13)25-2/h3-6,8-11H,7H2,1-2H3,(H,18,19,22). The molecule has 25 heavy (non-hydrogen) atoms. The van der Waals surface area contributed by atoms with Crippen molar-refractivity contribution in [1.29, 1.82) is 0 Å². The van der Waals surface area contributed by atoms with Gasteiger partial charge in [0.25, 0.3) is 0 Å². The lowest BCUT2D eigenvalue weighted by Crippen LogP contribution is -2.03. The Morgan fingerprint density at radius 1 is 1.20 bits per heavy atom. The van der Waals surface area contributed by atoms with Crippen molar-refractivity contribution in [3.63, 3.8) is 0 Å². The molecule has 1 aromatic carbocycles. The zero-order valence-electron chi connectivity index (χ0n) is 13.9. The Labute approximate surface area is 144 Å². The molecule has 4 aromatic rings. The number of benzene rings is 1. The number of methoxy groups -OCH3 is 1. The predicted octanol–water partition coefficient (Wildman–Crippen LogP) is 2.17. The summed E-state index contributed by atoms with van der Waals surface area (Å²) in [5.41, 5.74) is 3.54. The van der Waals surface area contributed by atoms with Crippen molar-refractivity contribution in [2.75, 3.05) is 12.4 Å². The van der Waals surface area contributed by atoms with Crippen LogP contribution in [0.3, 0.4) is 0 Å². The van der Waals surface area contributed by atoms with Gasteiger partial charge < -0.3 is 14.6 Å². The summed E-state index contributed by atoms with van der Waals surface area (Å²) in [4.78, 5) is 13.0. The van der Waals surface area contributed by atoms with Gasteiger partial charge in [0.2, 0.25) is 5.95 Å². The molecule has 0 atom stereocenters. The van der Waals surface area contributed by atoms with Crippen LogP contribution in [0, 0.1) is 0 Å². The highest BCUT2D eigenvalue weighted by Gasteiger charge is 2.06. The van der Waals surface area contributed by atoms with Crippen LogP contribution in [0.4, 0.5) is 5.95 Å². The first-order valence-corrected chi connectivity index (χ1v) is 7.79. The fraction of sp³-hybridized carbons (Fsp3) is 0.176. The van der Waals surface area contributed by atoms with Crippen LogP contribution >= 0.6 is 0 Å². The van der Waals surface area contributed by atoms with Crippen LogP contribution in [-0.4, -0.2) is 36.4 Å². The minimum Gasteiger partial charge on any atom is -0.497 e. The van der Waals surface area contributed by atoms with Gasteiger partial charge in [-0.3, -0.25) is 0 Å². The van der Waals surface area contributed by atoms with Gasteiger partial charge in [-0.25, -0.2) is 14.6 Å². The molecule has 0 unspecified atom stereocenters. The molecule has 0 saturated heterocycles. The Morgan fingerprint density at radius 3 is 3.00 bits per heavy atom. The third-order valence-electron chi connectivity index (χ3n) is 3.86. The summed E-state index contributed by atoms with van der Waals surface area (Å²) in [6.07, 6.45) is 7.21. The van der Waals surface area contributed by atoms with Gasteiger partial charge in [0, 0.05) is 31.4 Å². The van der Waals surface area contributed by atoms with E-state index in [0.29, 0.717) is 12.5 Å². The fourth-order valence-electron chi connectivity index (χ4n) is 2.53. The SMILES string of the molecule is COc1cccc(-n2cc(CNc3ncc4ncn(C)c4n3)cn2)c1. The Balaban J connectivity index is 1.49. The first-order valence-electron chi connectivity index (χ1n) is 7.79. The molecule has 0 fully saturated rings. The summed E-state index contributed by atoms with van der Waals surface area (Å²) >= 11 is 0. The number of imidazole rings is 1. The molecule has 0 aliphatic carbocycles. The summed E-state index contributed by atoms with van der Waals surface area (Å²) in [5, 5.41) is 7.61. The first kappa shape index (κ1) is 15.1. The van der Waals surface area contributed by atoms with E-state index in [1.807, 2.05) is 53.0 Å². The van der Waals surface area contributed by atoms with E-state index in [1.165, 1.54) is 0 Å². The maximum atomic E-state index is 5.25. The van der Waals surface area contributed by atoms with Crippen LogP contribution in [-0.2, 0) is 13.6 Å². The molecule has 126 valence electrons. The molecule has 1 N–H and O–H groups in total. The second-order valence-corrected chi connectivity index (χ2v) is 5.61. The van der Waals surface area contributed by atoms with Gasteiger partial charge in [-0.1, -0.05) is 6.07 Å². The number of fused-ring (bicyclic) bond motifs is 1. The normalized spacial score (nSPS) is 11.0. The lowest BCUT2D eigenvalue weighted by Gasteiger charge is -2.04. The van der Waals surface area contributed by atoms with Crippen LogP contribution < -0.4 is 10.1 Å². The second-order valence-electron chi connectivity index (χ2n) is 5.61. The van der Waals surface area contributed by atoms with Gasteiger partial charge in [-0.15, -0.1) is 0 Å². The van der Waals surface area contributed by atoms with Crippen LogP contribution in [0.25, 0.3) is 16.9 Å². The van der Waals surface area contributed by atoms with E-state index in [1.54, 1.807) is 19.6 Å². The summed E-state index contributed by atoms with van der Waals surface area (Å²) < 4.78 is 8.92. The molecule has 0 amide bonds. The van der Waals surface area contributed by atoms with Crippen molar-refractivity contribution < 1.29 is 4.74 Å². The number of ether oxygens (including phenoxy) is 1. The average Bonchev–Trinajstić information content (AvgIpc) is 3.27. The molecule has 0 aliphatic heterocycles. The zero-order chi connectivity index (χ0) is 17.2. The van der Waals surface area contributed by atoms with Gasteiger partial charge in [0.05, 0.1) is 31.5 Å². The van der Waals surface area contributed by atoms with E-state index < -0.39 is 0 Å². The largest absolute Gasteiger partial charge is 0.497 e. The smallest absolute Gasteiger partial charge is 0.225 e. The number of aryl methyl sites for hydroxylation is 1. The van der Waals surface area contributed by atoms with E-state index in [-0.39, 0.29) is 0 Å². The Morgan fingerprint density at radius 2 is 2.12 bits per heavy atom. The second kappa shape index (κ2) is 6.23. The molecule has 0 aliphatic rings. The molecule has 8 heteroatoms. The lowest BCUT2D eigenvalue weighted by atomic mass is 10.3. The van der Waals surface area contributed by atoms with E-state index in [0.717, 1.165) is 28.2 Å². The molecule has 8 nitrogen and oxygen atoms in total. The summed E-state index contributed by atoms with van der Waals surface area (Å²) in [5.74, 6) is 1.36. The number of nitrogens with one attached hydrogen (secondary N) is 1. The van der Waals surface area contributed by atoms with Gasteiger partial charge in [-0.05, 0) is 12.1 Å². The van der Waals surface area contributed by atoms with E-state index >= 15 is 0 Å². The van der Waals surface area contributed by atoms with Crippen LogP contribution in [0.2, 0.25) is 0 Å². The predicted molar refractivity (Wildman–Crippen MR) is 93.7 cm³/mol. The average molecular weight is 335 g/mol. The molecule has 0 radical (unpaired) electrons. The third kappa shape index (κ3) is 3.01. The molecule has 3 aromatic heterocycles. The quantitative estimate of drug-likeness (QED) is 0.602. The first-order chi connectivity index (χ1) is 12.2. The van der Waals surface area contributed by atoms with Crippen molar-refractivity contribution >= 4 is 17.1 Å². The van der Waals surface area contributed by atoms with Crippen molar-refractivity contribution in [2.45, 2.75) is 6.54 Å². The molecule has 3 heterocycles. The van der Waals surface area contributed by atoms with Crippen LogP contribution in [0.1, 0.15) is 5.56 Å². The van der Waals surface area contributed by atoms with Crippen LogP contribution in [0.15, 0.2) is 49.2 Å². The topological polar surface area (TPSA) is 82.7 Å². The number of anilines is 1. The highest BCUT2D eigenvalue weighted by atomic mass is 16.5. The monoisotopic (exact) mass is 335 g/mol. The molecular weight excluding hydrogens is 318 g/mol.